The summed E-state index contributed by atoms with van der Waals surface area (Å²) in [6.07, 6.45) is 0. The van der Waals surface area contributed by atoms with Gasteiger partial charge in [0.15, 0.2) is 18.1 Å². The van der Waals surface area contributed by atoms with Crippen LogP contribution in [0.3, 0.4) is 0 Å². The number of fused-ring (bicyclic) bond motifs is 1. The molecule has 2 aromatic carbocycles. The summed E-state index contributed by atoms with van der Waals surface area (Å²) in [5, 5.41) is 2.49. The number of nitrogens with two attached hydrogens (primary N) is 1. The highest BCUT2D eigenvalue weighted by Crippen LogP contribution is 2.30. The van der Waals surface area contributed by atoms with E-state index in [-0.39, 0.29) is 16.8 Å². The lowest BCUT2D eigenvalue weighted by molar-refractivity contribution is -0.119. The van der Waals surface area contributed by atoms with Crippen LogP contribution in [0.1, 0.15) is 20.7 Å². The molecule has 0 saturated heterocycles. The van der Waals surface area contributed by atoms with Gasteiger partial charge in [-0.1, -0.05) is 12.1 Å². The topological polar surface area (TPSA) is 117 Å². The lowest BCUT2D eigenvalue weighted by Gasteiger charge is -2.18. The minimum absolute atomic E-state index is 0.166. The molecule has 0 radical (unpaired) electrons. The highest BCUT2D eigenvalue weighted by Gasteiger charge is 2.17. The molecule has 3 rings (SSSR count). The summed E-state index contributed by atoms with van der Waals surface area (Å²) in [5.41, 5.74) is 5.90. The quantitative estimate of drug-likeness (QED) is 0.781. The molecule has 3 N–H and O–H groups in total. The van der Waals surface area contributed by atoms with E-state index in [4.69, 9.17) is 19.9 Å². The monoisotopic (exact) mass is 356 g/mol. The molecule has 134 valence electrons. The number of rotatable bonds is 5. The van der Waals surface area contributed by atoms with Crippen LogP contribution in [0, 0.1) is 0 Å². The number of nitrogens with one attached hydrogen (secondary N) is 1. The van der Waals surface area contributed by atoms with Crippen molar-refractivity contribution in [3.63, 3.8) is 0 Å². The van der Waals surface area contributed by atoms with E-state index in [1.165, 1.54) is 24.3 Å². The van der Waals surface area contributed by atoms with Gasteiger partial charge >= 0.3 is 5.97 Å². The lowest BCUT2D eigenvalue weighted by atomic mass is 10.1. The van der Waals surface area contributed by atoms with E-state index in [2.05, 4.69) is 5.32 Å². The summed E-state index contributed by atoms with van der Waals surface area (Å²) in [5.74, 6) is -0.946. The Bertz CT molecular complexity index is 865. The number of para-hydroxylation sites is 1. The molecule has 0 unspecified atom stereocenters. The number of hydrogen-bond acceptors (Lipinski definition) is 6. The maximum Gasteiger partial charge on any atom is 0.338 e. The van der Waals surface area contributed by atoms with Crippen molar-refractivity contribution >= 4 is 23.5 Å². The third-order valence-corrected chi connectivity index (χ3v) is 3.58. The van der Waals surface area contributed by atoms with Gasteiger partial charge in [-0.15, -0.1) is 0 Å². The molecule has 0 aliphatic carbocycles. The second-order valence-corrected chi connectivity index (χ2v) is 5.39. The van der Waals surface area contributed by atoms with E-state index < -0.39 is 24.4 Å². The van der Waals surface area contributed by atoms with Gasteiger partial charge < -0.3 is 25.3 Å². The Kier molecular flexibility index (Phi) is 5.02. The summed E-state index contributed by atoms with van der Waals surface area (Å²) in [4.78, 5) is 35.4. The molecular weight excluding hydrogens is 340 g/mol. The van der Waals surface area contributed by atoms with Crippen molar-refractivity contribution in [2.75, 3.05) is 25.1 Å². The minimum atomic E-state index is -0.680. The molecule has 2 amide bonds. The van der Waals surface area contributed by atoms with Crippen LogP contribution < -0.4 is 20.5 Å². The van der Waals surface area contributed by atoms with Crippen molar-refractivity contribution in [2.45, 2.75) is 0 Å². The summed E-state index contributed by atoms with van der Waals surface area (Å²) in [6.45, 7) is 0.331. The van der Waals surface area contributed by atoms with Crippen molar-refractivity contribution in [1.29, 1.82) is 0 Å². The van der Waals surface area contributed by atoms with E-state index in [1.54, 1.807) is 18.2 Å². The van der Waals surface area contributed by atoms with Crippen molar-refractivity contribution in [1.82, 2.24) is 0 Å². The Labute approximate surface area is 148 Å². The van der Waals surface area contributed by atoms with Crippen LogP contribution in [-0.4, -0.2) is 37.6 Å². The number of amides is 2. The maximum atomic E-state index is 12.1. The van der Waals surface area contributed by atoms with Gasteiger partial charge in [0.05, 0.1) is 16.8 Å². The molecule has 0 saturated carbocycles. The Balaban J connectivity index is 1.59. The number of primary amides is 1. The second kappa shape index (κ2) is 7.56. The first-order valence-electron chi connectivity index (χ1n) is 7.80. The molecule has 1 heterocycles. The van der Waals surface area contributed by atoms with E-state index in [0.29, 0.717) is 24.7 Å². The average Bonchev–Trinajstić information content (AvgIpc) is 2.66. The first-order chi connectivity index (χ1) is 12.5. The van der Waals surface area contributed by atoms with Crippen molar-refractivity contribution < 1.29 is 28.6 Å². The van der Waals surface area contributed by atoms with Crippen molar-refractivity contribution in [3.8, 4) is 11.5 Å². The molecule has 8 nitrogen and oxygen atoms in total. The summed E-state index contributed by atoms with van der Waals surface area (Å²) < 4.78 is 15.8. The number of ether oxygens (including phenoxy) is 3. The molecule has 0 fully saturated rings. The number of esters is 1. The van der Waals surface area contributed by atoms with Gasteiger partial charge in [0.25, 0.3) is 11.8 Å². The predicted octanol–water partition coefficient (Wildman–Crippen LogP) is 1.35. The van der Waals surface area contributed by atoms with Gasteiger partial charge in [-0.3, -0.25) is 9.59 Å². The Hall–Kier alpha value is -3.55. The second-order valence-electron chi connectivity index (χ2n) is 5.39. The van der Waals surface area contributed by atoms with Gasteiger partial charge in [-0.25, -0.2) is 4.79 Å². The van der Waals surface area contributed by atoms with E-state index in [9.17, 15) is 14.4 Å². The average molecular weight is 356 g/mol. The molecule has 2 aromatic rings. The number of benzene rings is 2. The number of carbonyl (C=O) groups is 3. The van der Waals surface area contributed by atoms with Crippen molar-refractivity contribution in [2.24, 2.45) is 5.73 Å². The van der Waals surface area contributed by atoms with E-state index in [1.807, 2.05) is 0 Å². The maximum absolute atomic E-state index is 12.1. The highest BCUT2D eigenvalue weighted by atomic mass is 16.6. The zero-order chi connectivity index (χ0) is 18.5. The van der Waals surface area contributed by atoms with Crippen LogP contribution in [-0.2, 0) is 9.53 Å². The zero-order valence-corrected chi connectivity index (χ0v) is 13.7. The standard InChI is InChI=1S/C18H16N2O6/c19-17(22)12-3-1-2-4-13(12)20-16(21)10-26-18(23)11-5-6-14-15(9-11)25-8-7-24-14/h1-6,9H,7-8,10H2,(H2,19,22)(H,20,21). The molecule has 0 aromatic heterocycles. The Morgan fingerprint density at radius 2 is 1.77 bits per heavy atom. The molecular formula is C18H16N2O6. The SMILES string of the molecule is NC(=O)c1ccccc1NC(=O)COC(=O)c1ccc2c(c1)OCCO2. The first-order valence-corrected chi connectivity index (χ1v) is 7.80. The molecule has 0 atom stereocenters. The first kappa shape index (κ1) is 17.3. The summed E-state index contributed by atoms with van der Waals surface area (Å²) >= 11 is 0. The third-order valence-electron chi connectivity index (χ3n) is 3.58. The fourth-order valence-electron chi connectivity index (χ4n) is 2.38. The molecule has 0 bridgehead atoms. The van der Waals surface area contributed by atoms with Gasteiger partial charge in [-0.05, 0) is 30.3 Å². The predicted molar refractivity (Wildman–Crippen MR) is 91.3 cm³/mol. The van der Waals surface area contributed by atoms with E-state index in [0.717, 1.165) is 0 Å². The van der Waals surface area contributed by atoms with Gasteiger partial charge in [-0.2, -0.15) is 0 Å². The Morgan fingerprint density at radius 1 is 1.04 bits per heavy atom. The van der Waals surface area contributed by atoms with Crippen LogP contribution in [0.5, 0.6) is 11.5 Å². The van der Waals surface area contributed by atoms with Crippen LogP contribution in [0.4, 0.5) is 5.69 Å². The summed E-state index contributed by atoms with van der Waals surface area (Å²) in [6, 6.07) is 10.9. The van der Waals surface area contributed by atoms with Crippen molar-refractivity contribution in [3.05, 3.63) is 53.6 Å². The van der Waals surface area contributed by atoms with Crippen LogP contribution in [0.2, 0.25) is 0 Å². The number of carbonyl (C=O) groups excluding carboxylic acids is 3. The fraction of sp³-hybridized carbons (Fsp3) is 0.167. The third kappa shape index (κ3) is 3.92. The smallest absolute Gasteiger partial charge is 0.338 e. The van der Waals surface area contributed by atoms with Gasteiger partial charge in [0, 0.05) is 0 Å². The highest BCUT2D eigenvalue weighted by molar-refractivity contribution is 6.03. The number of anilines is 1. The zero-order valence-electron chi connectivity index (χ0n) is 13.7. The van der Waals surface area contributed by atoms with Crippen LogP contribution in [0.25, 0.3) is 0 Å². The summed E-state index contributed by atoms with van der Waals surface area (Å²) in [7, 11) is 0. The normalized spacial score (nSPS) is 12.2. The molecule has 1 aliphatic rings. The van der Waals surface area contributed by atoms with Crippen LogP contribution in [0.15, 0.2) is 42.5 Å². The Morgan fingerprint density at radius 3 is 2.54 bits per heavy atom. The molecule has 0 spiro atoms. The lowest BCUT2D eigenvalue weighted by Crippen LogP contribution is -2.23. The largest absolute Gasteiger partial charge is 0.486 e. The van der Waals surface area contributed by atoms with E-state index >= 15 is 0 Å². The molecule has 1 aliphatic heterocycles. The minimum Gasteiger partial charge on any atom is -0.486 e. The molecule has 8 heteroatoms. The number of hydrogen-bond donors (Lipinski definition) is 2. The van der Waals surface area contributed by atoms with Gasteiger partial charge in [0.2, 0.25) is 0 Å². The van der Waals surface area contributed by atoms with Crippen LogP contribution >= 0.6 is 0 Å². The van der Waals surface area contributed by atoms with Gasteiger partial charge in [0.1, 0.15) is 13.2 Å². The molecule has 26 heavy (non-hydrogen) atoms. The fourth-order valence-corrected chi connectivity index (χ4v) is 2.38.